The van der Waals surface area contributed by atoms with E-state index in [0.717, 1.165) is 16.8 Å². The lowest BCUT2D eigenvalue weighted by atomic mass is 10.1. The average Bonchev–Trinajstić information content (AvgIpc) is 3.00. The summed E-state index contributed by atoms with van der Waals surface area (Å²) < 4.78 is 32.9. The maximum Gasteiger partial charge on any atom is 0.241 e. The number of aryl methyl sites for hydroxylation is 2. The van der Waals surface area contributed by atoms with Crippen LogP contribution in [0.1, 0.15) is 16.8 Å². The molecule has 124 valence electrons. The lowest BCUT2D eigenvalue weighted by Gasteiger charge is -2.10. The summed E-state index contributed by atoms with van der Waals surface area (Å²) in [4.78, 5) is 0.262. The van der Waals surface area contributed by atoms with Crippen LogP contribution in [0.25, 0.3) is 11.3 Å². The molecular weight excluding hydrogens is 324 g/mol. The molecule has 3 aromatic rings. The fourth-order valence-corrected chi connectivity index (χ4v) is 3.70. The highest BCUT2D eigenvalue weighted by molar-refractivity contribution is 7.89. The van der Waals surface area contributed by atoms with Crippen molar-refractivity contribution in [1.29, 1.82) is 0 Å². The zero-order valence-corrected chi connectivity index (χ0v) is 14.3. The van der Waals surface area contributed by atoms with Gasteiger partial charge in [0.1, 0.15) is 0 Å². The van der Waals surface area contributed by atoms with Crippen molar-refractivity contribution in [3.63, 3.8) is 0 Å². The summed E-state index contributed by atoms with van der Waals surface area (Å²) in [6.07, 6.45) is 0. The Morgan fingerprint density at radius 1 is 1.04 bits per heavy atom. The van der Waals surface area contributed by atoms with Crippen LogP contribution in [0, 0.1) is 13.8 Å². The standard InChI is InChI=1S/C18H18N2O3S/c1-13-10-16(17-11-14(2)20-23-17)8-9-18(13)24(21,22)19-12-15-6-4-3-5-7-15/h3-11,19H,12H2,1-2H3. The number of rotatable bonds is 5. The second kappa shape index (κ2) is 6.59. The van der Waals surface area contributed by atoms with E-state index in [0.29, 0.717) is 11.3 Å². The molecule has 1 heterocycles. The fraction of sp³-hybridized carbons (Fsp3) is 0.167. The molecular formula is C18H18N2O3S. The first-order chi connectivity index (χ1) is 11.5. The number of nitrogens with zero attached hydrogens (tertiary/aromatic N) is 1. The van der Waals surface area contributed by atoms with Gasteiger partial charge in [-0.15, -0.1) is 0 Å². The number of nitrogens with one attached hydrogen (secondary N) is 1. The zero-order chi connectivity index (χ0) is 17.2. The van der Waals surface area contributed by atoms with E-state index in [-0.39, 0.29) is 11.4 Å². The van der Waals surface area contributed by atoms with Crippen LogP contribution in [-0.4, -0.2) is 13.6 Å². The molecule has 0 saturated heterocycles. The maximum absolute atomic E-state index is 12.5. The molecule has 24 heavy (non-hydrogen) atoms. The van der Waals surface area contributed by atoms with Gasteiger partial charge >= 0.3 is 0 Å². The van der Waals surface area contributed by atoms with E-state index in [1.165, 1.54) is 0 Å². The molecule has 0 amide bonds. The molecule has 0 saturated carbocycles. The highest BCUT2D eigenvalue weighted by atomic mass is 32.2. The number of benzene rings is 2. The summed E-state index contributed by atoms with van der Waals surface area (Å²) in [5.41, 5.74) is 3.15. The van der Waals surface area contributed by atoms with Gasteiger partial charge in [0.15, 0.2) is 5.76 Å². The number of hydrogen-bond donors (Lipinski definition) is 1. The predicted octanol–water partition coefficient (Wildman–Crippen LogP) is 3.44. The molecule has 0 bridgehead atoms. The monoisotopic (exact) mass is 342 g/mol. The predicted molar refractivity (Wildman–Crippen MR) is 91.9 cm³/mol. The normalized spacial score (nSPS) is 11.6. The molecule has 0 aliphatic heterocycles. The van der Waals surface area contributed by atoms with Crippen LogP contribution in [0.3, 0.4) is 0 Å². The molecule has 0 radical (unpaired) electrons. The van der Waals surface area contributed by atoms with Gasteiger partial charge in [0.05, 0.1) is 10.6 Å². The first kappa shape index (κ1) is 16.4. The van der Waals surface area contributed by atoms with Crippen LogP contribution in [0.2, 0.25) is 0 Å². The van der Waals surface area contributed by atoms with Crippen molar-refractivity contribution in [1.82, 2.24) is 9.88 Å². The van der Waals surface area contributed by atoms with Gasteiger partial charge in [-0.25, -0.2) is 13.1 Å². The lowest BCUT2D eigenvalue weighted by Crippen LogP contribution is -2.24. The maximum atomic E-state index is 12.5. The summed E-state index contributed by atoms with van der Waals surface area (Å²) in [5.74, 6) is 0.622. The van der Waals surface area contributed by atoms with Crippen LogP contribution in [-0.2, 0) is 16.6 Å². The molecule has 3 rings (SSSR count). The minimum Gasteiger partial charge on any atom is -0.356 e. The summed E-state index contributed by atoms with van der Waals surface area (Å²) in [6, 6.07) is 16.3. The van der Waals surface area contributed by atoms with Crippen LogP contribution < -0.4 is 4.72 Å². The molecule has 2 aromatic carbocycles. The smallest absolute Gasteiger partial charge is 0.241 e. The summed E-state index contributed by atoms with van der Waals surface area (Å²) in [7, 11) is -3.58. The Morgan fingerprint density at radius 3 is 2.42 bits per heavy atom. The van der Waals surface area contributed by atoms with Crippen LogP contribution in [0.5, 0.6) is 0 Å². The Hall–Kier alpha value is -2.44. The largest absolute Gasteiger partial charge is 0.356 e. The Balaban J connectivity index is 1.83. The van der Waals surface area contributed by atoms with E-state index < -0.39 is 10.0 Å². The molecule has 0 aliphatic carbocycles. The first-order valence-electron chi connectivity index (χ1n) is 7.54. The number of sulfonamides is 1. The highest BCUT2D eigenvalue weighted by Crippen LogP contribution is 2.25. The quantitative estimate of drug-likeness (QED) is 0.771. The van der Waals surface area contributed by atoms with Gasteiger partial charge in [-0.2, -0.15) is 0 Å². The Bertz CT molecular complexity index is 947. The van der Waals surface area contributed by atoms with E-state index in [9.17, 15) is 8.42 Å². The number of hydrogen-bond acceptors (Lipinski definition) is 4. The van der Waals surface area contributed by atoms with E-state index in [4.69, 9.17) is 4.52 Å². The minimum absolute atomic E-state index is 0.256. The van der Waals surface area contributed by atoms with Crippen molar-refractivity contribution in [2.75, 3.05) is 0 Å². The van der Waals surface area contributed by atoms with Crippen molar-refractivity contribution in [2.24, 2.45) is 0 Å². The highest BCUT2D eigenvalue weighted by Gasteiger charge is 2.17. The minimum atomic E-state index is -3.58. The van der Waals surface area contributed by atoms with E-state index in [1.807, 2.05) is 43.3 Å². The van der Waals surface area contributed by atoms with Gasteiger partial charge in [0.25, 0.3) is 0 Å². The number of aromatic nitrogens is 1. The summed E-state index contributed by atoms with van der Waals surface area (Å²) >= 11 is 0. The van der Waals surface area contributed by atoms with Gasteiger partial charge in [-0.3, -0.25) is 0 Å². The average molecular weight is 342 g/mol. The molecule has 0 fully saturated rings. The van der Waals surface area contributed by atoms with Crippen molar-refractivity contribution in [2.45, 2.75) is 25.3 Å². The van der Waals surface area contributed by atoms with Crippen LogP contribution in [0.15, 0.2) is 64.0 Å². The van der Waals surface area contributed by atoms with Crippen molar-refractivity contribution in [3.8, 4) is 11.3 Å². The van der Waals surface area contributed by atoms with Crippen molar-refractivity contribution < 1.29 is 12.9 Å². The Kier molecular flexibility index (Phi) is 4.51. The van der Waals surface area contributed by atoms with Gasteiger partial charge in [-0.1, -0.05) is 35.5 Å². The molecule has 5 nitrogen and oxygen atoms in total. The van der Waals surface area contributed by atoms with Gasteiger partial charge in [-0.05, 0) is 43.2 Å². The topological polar surface area (TPSA) is 72.2 Å². The Labute approximate surface area is 141 Å². The van der Waals surface area contributed by atoms with Crippen molar-refractivity contribution in [3.05, 3.63) is 71.4 Å². The van der Waals surface area contributed by atoms with Gasteiger partial charge in [0.2, 0.25) is 10.0 Å². The SMILES string of the molecule is Cc1cc(-c2ccc(S(=O)(=O)NCc3ccccc3)c(C)c2)on1. The molecule has 0 aliphatic rings. The summed E-state index contributed by atoms with van der Waals surface area (Å²) in [5, 5.41) is 3.85. The van der Waals surface area contributed by atoms with E-state index in [1.54, 1.807) is 25.1 Å². The Morgan fingerprint density at radius 2 is 1.79 bits per heavy atom. The third kappa shape index (κ3) is 3.55. The molecule has 0 spiro atoms. The molecule has 6 heteroatoms. The fourth-order valence-electron chi connectivity index (χ4n) is 2.46. The van der Waals surface area contributed by atoms with Crippen LogP contribution in [0.4, 0.5) is 0 Å². The summed E-state index contributed by atoms with van der Waals surface area (Å²) in [6.45, 7) is 3.86. The third-order valence-corrected chi connectivity index (χ3v) is 5.25. The second-order valence-corrected chi connectivity index (χ2v) is 7.36. The zero-order valence-electron chi connectivity index (χ0n) is 13.5. The van der Waals surface area contributed by atoms with Gasteiger partial charge < -0.3 is 4.52 Å². The molecule has 0 unspecified atom stereocenters. The lowest BCUT2D eigenvalue weighted by molar-refractivity contribution is 0.427. The second-order valence-electron chi connectivity index (χ2n) is 5.62. The van der Waals surface area contributed by atoms with E-state index >= 15 is 0 Å². The molecule has 1 aromatic heterocycles. The molecule has 0 atom stereocenters. The first-order valence-corrected chi connectivity index (χ1v) is 9.02. The van der Waals surface area contributed by atoms with E-state index in [2.05, 4.69) is 9.88 Å². The van der Waals surface area contributed by atoms with Gasteiger partial charge in [0, 0.05) is 18.2 Å². The van der Waals surface area contributed by atoms with Crippen molar-refractivity contribution >= 4 is 10.0 Å². The third-order valence-electron chi connectivity index (χ3n) is 3.69. The molecule has 1 N–H and O–H groups in total. The van der Waals surface area contributed by atoms with Crippen LogP contribution >= 0.6 is 0 Å².